The molecule has 0 unspecified atom stereocenters. The summed E-state index contributed by atoms with van der Waals surface area (Å²) in [6, 6.07) is 12.1. The molecule has 0 heterocycles. The lowest BCUT2D eigenvalue weighted by Gasteiger charge is -2.12. The second-order valence-electron chi connectivity index (χ2n) is 5.04. The van der Waals surface area contributed by atoms with E-state index < -0.39 is 5.97 Å². The van der Waals surface area contributed by atoms with E-state index in [1.165, 1.54) is 22.3 Å². The Balaban J connectivity index is 0.00000106. The van der Waals surface area contributed by atoms with Crippen molar-refractivity contribution in [1.29, 1.82) is 0 Å². The first-order valence-corrected chi connectivity index (χ1v) is 7.36. The molecule has 2 heteroatoms. The maximum absolute atomic E-state index is 10.7. The summed E-state index contributed by atoms with van der Waals surface area (Å²) < 4.78 is 0. The van der Waals surface area contributed by atoms with Gasteiger partial charge in [-0.3, -0.25) is 4.79 Å². The second kappa shape index (κ2) is 7.63. The number of benzene rings is 2. The predicted molar refractivity (Wildman–Crippen MR) is 88.8 cm³/mol. The van der Waals surface area contributed by atoms with Crippen LogP contribution in [0.25, 0.3) is 11.1 Å². The van der Waals surface area contributed by atoms with Crippen LogP contribution >= 0.6 is 0 Å². The average molecular weight is 284 g/mol. The molecule has 2 aromatic carbocycles. The molecule has 0 aliphatic heterocycles. The Kier molecular flexibility index (Phi) is 6.16. The average Bonchev–Trinajstić information content (AvgIpc) is 2.41. The Labute approximate surface area is 127 Å². The van der Waals surface area contributed by atoms with Crippen LogP contribution < -0.4 is 0 Å². The molecule has 21 heavy (non-hydrogen) atoms. The van der Waals surface area contributed by atoms with Crippen molar-refractivity contribution < 1.29 is 9.90 Å². The molecular formula is C19H24O2. The van der Waals surface area contributed by atoms with E-state index in [-0.39, 0.29) is 6.42 Å². The molecule has 2 aromatic rings. The number of carboxylic acids is 1. The van der Waals surface area contributed by atoms with Crippen LogP contribution in [0.3, 0.4) is 0 Å². The molecule has 0 spiro atoms. The Morgan fingerprint density at radius 1 is 0.952 bits per heavy atom. The molecule has 0 radical (unpaired) electrons. The smallest absolute Gasteiger partial charge is 0.307 e. The Hall–Kier alpha value is -2.09. The first-order chi connectivity index (χ1) is 9.97. The predicted octanol–water partition coefficient (Wildman–Crippen LogP) is 4.93. The molecule has 0 bridgehead atoms. The Morgan fingerprint density at radius 2 is 1.43 bits per heavy atom. The summed E-state index contributed by atoms with van der Waals surface area (Å²) in [7, 11) is 0. The van der Waals surface area contributed by atoms with E-state index in [1.54, 1.807) is 0 Å². The van der Waals surface area contributed by atoms with E-state index in [0.29, 0.717) is 0 Å². The van der Waals surface area contributed by atoms with Gasteiger partial charge >= 0.3 is 5.97 Å². The topological polar surface area (TPSA) is 37.3 Å². The molecule has 0 atom stereocenters. The molecule has 2 nitrogen and oxygen atoms in total. The van der Waals surface area contributed by atoms with Crippen LogP contribution in [0, 0.1) is 20.8 Å². The lowest BCUT2D eigenvalue weighted by atomic mass is 9.93. The number of hydrogen-bond donors (Lipinski definition) is 1. The summed E-state index contributed by atoms with van der Waals surface area (Å²) in [6.45, 7) is 10.3. The van der Waals surface area contributed by atoms with E-state index in [2.05, 4.69) is 32.9 Å². The molecule has 0 fully saturated rings. The third-order valence-electron chi connectivity index (χ3n) is 3.27. The second-order valence-corrected chi connectivity index (χ2v) is 5.04. The van der Waals surface area contributed by atoms with Gasteiger partial charge in [-0.25, -0.2) is 0 Å². The highest BCUT2D eigenvalue weighted by atomic mass is 16.4. The van der Waals surface area contributed by atoms with Crippen molar-refractivity contribution in [3.8, 4) is 11.1 Å². The van der Waals surface area contributed by atoms with Crippen LogP contribution in [0.15, 0.2) is 36.4 Å². The number of rotatable bonds is 3. The van der Waals surface area contributed by atoms with Gasteiger partial charge in [0.1, 0.15) is 0 Å². The van der Waals surface area contributed by atoms with Gasteiger partial charge in [0.2, 0.25) is 0 Å². The van der Waals surface area contributed by atoms with E-state index in [1.807, 2.05) is 38.1 Å². The molecule has 0 aliphatic carbocycles. The van der Waals surface area contributed by atoms with Crippen molar-refractivity contribution in [1.82, 2.24) is 0 Å². The first kappa shape index (κ1) is 17.0. The number of carboxylic acid groups (broad SMARTS) is 1. The first-order valence-electron chi connectivity index (χ1n) is 7.36. The summed E-state index contributed by atoms with van der Waals surface area (Å²) in [6.07, 6.45) is 0.0755. The van der Waals surface area contributed by atoms with Gasteiger partial charge in [-0.2, -0.15) is 0 Å². The number of aliphatic carboxylic acids is 1. The fraction of sp³-hybridized carbons (Fsp3) is 0.316. The van der Waals surface area contributed by atoms with Crippen LogP contribution in [-0.2, 0) is 11.2 Å². The molecule has 0 saturated carbocycles. The minimum absolute atomic E-state index is 0.0755. The zero-order chi connectivity index (χ0) is 16.0. The van der Waals surface area contributed by atoms with Crippen LogP contribution in [0.2, 0.25) is 0 Å². The molecule has 1 N–H and O–H groups in total. The SMILES string of the molecule is CC.Cc1cc(C)c(-c2ccc(CC(=O)O)cc2)c(C)c1. The molecule has 0 amide bonds. The number of carbonyl (C=O) groups is 1. The van der Waals surface area contributed by atoms with Crippen molar-refractivity contribution in [3.63, 3.8) is 0 Å². The Morgan fingerprint density at radius 3 is 1.86 bits per heavy atom. The fourth-order valence-electron chi connectivity index (χ4n) is 2.60. The van der Waals surface area contributed by atoms with Crippen molar-refractivity contribution in [2.45, 2.75) is 41.0 Å². The maximum Gasteiger partial charge on any atom is 0.307 e. The van der Waals surface area contributed by atoms with Gasteiger partial charge in [-0.1, -0.05) is 55.8 Å². The van der Waals surface area contributed by atoms with Crippen LogP contribution in [-0.4, -0.2) is 11.1 Å². The maximum atomic E-state index is 10.7. The van der Waals surface area contributed by atoms with Crippen LogP contribution in [0.1, 0.15) is 36.1 Å². The third-order valence-corrected chi connectivity index (χ3v) is 3.27. The summed E-state index contributed by atoms with van der Waals surface area (Å²) in [4.78, 5) is 10.7. The standard InChI is InChI=1S/C17H18O2.C2H6/c1-11-8-12(2)17(13(3)9-11)15-6-4-14(5-7-15)10-16(18)19;1-2/h4-9H,10H2,1-3H3,(H,18,19);1-2H3. The quantitative estimate of drug-likeness (QED) is 0.867. The van der Waals surface area contributed by atoms with Crippen LogP contribution in [0.4, 0.5) is 0 Å². The monoisotopic (exact) mass is 284 g/mol. The minimum Gasteiger partial charge on any atom is -0.481 e. The van der Waals surface area contributed by atoms with Crippen molar-refractivity contribution >= 4 is 5.97 Å². The summed E-state index contributed by atoms with van der Waals surface area (Å²) in [5.41, 5.74) is 6.99. The normalized spacial score (nSPS) is 9.76. The van der Waals surface area contributed by atoms with Gasteiger partial charge in [-0.05, 0) is 48.6 Å². The van der Waals surface area contributed by atoms with Crippen LogP contribution in [0.5, 0.6) is 0 Å². The van der Waals surface area contributed by atoms with E-state index in [0.717, 1.165) is 11.1 Å². The van der Waals surface area contributed by atoms with Crippen molar-refractivity contribution in [2.75, 3.05) is 0 Å². The highest BCUT2D eigenvalue weighted by Gasteiger charge is 2.07. The third kappa shape index (κ3) is 4.45. The van der Waals surface area contributed by atoms with Gasteiger partial charge in [-0.15, -0.1) is 0 Å². The molecule has 0 saturated heterocycles. The lowest BCUT2D eigenvalue weighted by molar-refractivity contribution is -0.136. The summed E-state index contributed by atoms with van der Waals surface area (Å²) >= 11 is 0. The van der Waals surface area contributed by atoms with E-state index >= 15 is 0 Å². The van der Waals surface area contributed by atoms with Gasteiger partial charge in [0, 0.05) is 0 Å². The highest BCUT2D eigenvalue weighted by Crippen LogP contribution is 2.28. The van der Waals surface area contributed by atoms with Crippen molar-refractivity contribution in [3.05, 3.63) is 58.7 Å². The molecule has 2 rings (SSSR count). The zero-order valence-electron chi connectivity index (χ0n) is 13.5. The van der Waals surface area contributed by atoms with E-state index in [4.69, 9.17) is 5.11 Å². The Bertz CT molecular complexity index is 587. The number of hydrogen-bond acceptors (Lipinski definition) is 1. The van der Waals surface area contributed by atoms with Gasteiger partial charge in [0.25, 0.3) is 0 Å². The lowest BCUT2D eigenvalue weighted by Crippen LogP contribution is -1.99. The number of aryl methyl sites for hydroxylation is 3. The van der Waals surface area contributed by atoms with E-state index in [9.17, 15) is 4.79 Å². The van der Waals surface area contributed by atoms with Crippen molar-refractivity contribution in [2.24, 2.45) is 0 Å². The van der Waals surface area contributed by atoms with Gasteiger partial charge < -0.3 is 5.11 Å². The molecular weight excluding hydrogens is 260 g/mol. The fourth-order valence-corrected chi connectivity index (χ4v) is 2.60. The minimum atomic E-state index is -0.796. The zero-order valence-corrected chi connectivity index (χ0v) is 13.5. The molecule has 0 aromatic heterocycles. The van der Waals surface area contributed by atoms with Gasteiger partial charge in [0.05, 0.1) is 6.42 Å². The van der Waals surface area contributed by atoms with Gasteiger partial charge in [0.15, 0.2) is 0 Å². The largest absolute Gasteiger partial charge is 0.481 e. The molecule has 0 aliphatic rings. The summed E-state index contributed by atoms with van der Waals surface area (Å²) in [5, 5.41) is 8.77. The summed E-state index contributed by atoms with van der Waals surface area (Å²) in [5.74, 6) is -0.796. The molecule has 112 valence electrons. The highest BCUT2D eigenvalue weighted by molar-refractivity contribution is 5.73.